The van der Waals surface area contributed by atoms with Crippen LogP contribution in [0.25, 0.3) is 0 Å². The lowest BCUT2D eigenvalue weighted by atomic mass is 9.90. The molecule has 144 valence electrons. The highest BCUT2D eigenvalue weighted by molar-refractivity contribution is 5.80. The summed E-state index contributed by atoms with van der Waals surface area (Å²) >= 11 is 0. The molecule has 2 fully saturated rings. The fourth-order valence-corrected chi connectivity index (χ4v) is 3.87. The first-order chi connectivity index (χ1) is 11.6. The number of carbonyl (C=O) groups is 2. The maximum atomic E-state index is 12.8. The van der Waals surface area contributed by atoms with Gasteiger partial charge in [0.05, 0.1) is 5.92 Å². The van der Waals surface area contributed by atoms with Gasteiger partial charge in [0.2, 0.25) is 11.8 Å². The molecule has 2 amide bonds. The van der Waals surface area contributed by atoms with Crippen molar-refractivity contribution >= 4 is 11.8 Å². The van der Waals surface area contributed by atoms with Crippen molar-refractivity contribution in [3.05, 3.63) is 0 Å². The molecule has 0 N–H and O–H groups in total. The van der Waals surface area contributed by atoms with Crippen molar-refractivity contribution in [2.75, 3.05) is 32.7 Å². The molecular formula is C20H37N3O2. The van der Waals surface area contributed by atoms with Crippen LogP contribution in [0.1, 0.15) is 60.8 Å². The van der Waals surface area contributed by atoms with E-state index >= 15 is 0 Å². The van der Waals surface area contributed by atoms with Crippen LogP contribution >= 0.6 is 0 Å². The number of hydrogen-bond acceptors (Lipinski definition) is 3. The Morgan fingerprint density at radius 1 is 1.08 bits per heavy atom. The first-order valence-electron chi connectivity index (χ1n) is 9.91. The van der Waals surface area contributed by atoms with Crippen molar-refractivity contribution in [2.45, 2.75) is 72.9 Å². The molecule has 5 nitrogen and oxygen atoms in total. The molecule has 2 aliphatic heterocycles. The van der Waals surface area contributed by atoms with Gasteiger partial charge in [0.1, 0.15) is 0 Å². The molecule has 5 heteroatoms. The van der Waals surface area contributed by atoms with E-state index in [1.165, 1.54) is 0 Å². The molecular weight excluding hydrogens is 314 g/mol. The zero-order valence-corrected chi connectivity index (χ0v) is 17.0. The molecule has 25 heavy (non-hydrogen) atoms. The van der Waals surface area contributed by atoms with E-state index in [4.69, 9.17) is 0 Å². The third-order valence-electron chi connectivity index (χ3n) is 5.65. The van der Waals surface area contributed by atoms with Crippen LogP contribution in [0.5, 0.6) is 0 Å². The number of nitrogens with zero attached hydrogens (tertiary/aromatic N) is 3. The minimum absolute atomic E-state index is 0.118. The Kier molecular flexibility index (Phi) is 6.52. The highest BCUT2D eigenvalue weighted by Gasteiger charge is 2.36. The Bertz CT molecular complexity index is 484. The molecule has 0 aromatic heterocycles. The second-order valence-corrected chi connectivity index (χ2v) is 9.36. The number of rotatable bonds is 4. The summed E-state index contributed by atoms with van der Waals surface area (Å²) in [5, 5.41) is 0. The minimum atomic E-state index is 0.118. The van der Waals surface area contributed by atoms with Gasteiger partial charge in [-0.1, -0.05) is 20.8 Å². The largest absolute Gasteiger partial charge is 0.339 e. The van der Waals surface area contributed by atoms with E-state index in [9.17, 15) is 9.59 Å². The van der Waals surface area contributed by atoms with Gasteiger partial charge in [-0.05, 0) is 45.6 Å². The monoisotopic (exact) mass is 351 g/mol. The Labute approximate surface area is 153 Å². The Balaban J connectivity index is 1.84. The van der Waals surface area contributed by atoms with E-state index in [1.807, 2.05) is 9.80 Å². The fourth-order valence-electron chi connectivity index (χ4n) is 3.87. The molecule has 0 bridgehead atoms. The minimum Gasteiger partial charge on any atom is -0.339 e. The van der Waals surface area contributed by atoms with Gasteiger partial charge >= 0.3 is 0 Å². The highest BCUT2D eigenvalue weighted by Crippen LogP contribution is 2.24. The first kappa shape index (κ1) is 20.2. The van der Waals surface area contributed by atoms with Crippen molar-refractivity contribution in [2.24, 2.45) is 11.3 Å². The molecule has 0 radical (unpaired) electrons. The predicted octanol–water partition coefficient (Wildman–Crippen LogP) is 2.60. The summed E-state index contributed by atoms with van der Waals surface area (Å²) in [5.74, 6) is 0.663. The zero-order chi connectivity index (χ0) is 18.8. The Morgan fingerprint density at radius 3 is 2.28 bits per heavy atom. The molecule has 0 spiro atoms. The molecule has 2 rings (SSSR count). The van der Waals surface area contributed by atoms with Crippen LogP contribution in [0.2, 0.25) is 0 Å². The van der Waals surface area contributed by atoms with Crippen LogP contribution in [0.4, 0.5) is 0 Å². The van der Waals surface area contributed by atoms with E-state index in [1.54, 1.807) is 0 Å². The smallest absolute Gasteiger partial charge is 0.227 e. The Morgan fingerprint density at radius 2 is 1.76 bits per heavy atom. The molecule has 2 atom stereocenters. The summed E-state index contributed by atoms with van der Waals surface area (Å²) in [6, 6.07) is 0.627. The average Bonchev–Trinajstić information content (AvgIpc) is 3.01. The molecule has 0 aromatic carbocycles. The first-order valence-corrected chi connectivity index (χ1v) is 9.91. The van der Waals surface area contributed by atoms with Gasteiger partial charge < -0.3 is 14.7 Å². The topological polar surface area (TPSA) is 43.9 Å². The standard InChI is InChI=1S/C20H37N3O2/c1-15(2)21-10-8-17(14-21)19(25)22-11-12-23(16(3)13-22)18(24)7-9-20(4,5)6/h15-17H,7-14H2,1-6H3/t16-,17+/m1/s1. The molecule has 2 aliphatic rings. The summed E-state index contributed by atoms with van der Waals surface area (Å²) in [7, 11) is 0. The third kappa shape index (κ3) is 5.44. The van der Waals surface area contributed by atoms with Gasteiger partial charge in [0.15, 0.2) is 0 Å². The SMILES string of the molecule is CC(C)N1CC[C@H](C(=O)N2CCN(C(=O)CCC(C)(C)C)[C@H](C)C2)C1. The van der Waals surface area contributed by atoms with E-state index in [0.29, 0.717) is 32.1 Å². The summed E-state index contributed by atoms with van der Waals surface area (Å²) in [5.41, 5.74) is 0.182. The fraction of sp³-hybridized carbons (Fsp3) is 0.900. The van der Waals surface area contributed by atoms with Crippen molar-refractivity contribution < 1.29 is 9.59 Å². The van der Waals surface area contributed by atoms with Crippen LogP contribution in [-0.2, 0) is 9.59 Å². The maximum absolute atomic E-state index is 12.8. The van der Waals surface area contributed by atoms with Crippen molar-refractivity contribution in [1.82, 2.24) is 14.7 Å². The van der Waals surface area contributed by atoms with Gasteiger partial charge in [-0.15, -0.1) is 0 Å². The number of hydrogen-bond donors (Lipinski definition) is 0. The summed E-state index contributed by atoms with van der Waals surface area (Å²) in [6.45, 7) is 16.9. The normalized spacial score (nSPS) is 25.7. The van der Waals surface area contributed by atoms with E-state index < -0.39 is 0 Å². The van der Waals surface area contributed by atoms with Crippen LogP contribution in [0.3, 0.4) is 0 Å². The molecule has 0 aromatic rings. The number of carbonyl (C=O) groups excluding carboxylic acids is 2. The predicted molar refractivity (Wildman–Crippen MR) is 101 cm³/mol. The highest BCUT2D eigenvalue weighted by atomic mass is 16.2. The summed E-state index contributed by atoms with van der Waals surface area (Å²) in [4.78, 5) is 31.7. The van der Waals surface area contributed by atoms with Crippen LogP contribution in [0, 0.1) is 11.3 Å². The quantitative estimate of drug-likeness (QED) is 0.782. The molecule has 0 aliphatic carbocycles. The van der Waals surface area contributed by atoms with E-state index in [2.05, 4.69) is 46.4 Å². The Hall–Kier alpha value is -1.10. The number of piperazine rings is 1. The summed E-state index contributed by atoms with van der Waals surface area (Å²) in [6.07, 6.45) is 2.48. The van der Waals surface area contributed by atoms with Gasteiger partial charge in [0, 0.05) is 44.7 Å². The second kappa shape index (κ2) is 8.07. The third-order valence-corrected chi connectivity index (χ3v) is 5.65. The molecule has 2 heterocycles. The van der Waals surface area contributed by atoms with Crippen LogP contribution in [-0.4, -0.2) is 71.3 Å². The van der Waals surface area contributed by atoms with Crippen LogP contribution < -0.4 is 0 Å². The molecule has 0 saturated carbocycles. The average molecular weight is 352 g/mol. The maximum Gasteiger partial charge on any atom is 0.227 e. The second-order valence-electron chi connectivity index (χ2n) is 9.36. The zero-order valence-electron chi connectivity index (χ0n) is 17.0. The van der Waals surface area contributed by atoms with E-state index in [-0.39, 0.29) is 29.2 Å². The number of likely N-dealkylation sites (tertiary alicyclic amines) is 1. The lowest BCUT2D eigenvalue weighted by molar-refractivity contribution is -0.144. The number of amides is 2. The van der Waals surface area contributed by atoms with E-state index in [0.717, 1.165) is 25.9 Å². The van der Waals surface area contributed by atoms with Gasteiger partial charge in [-0.25, -0.2) is 0 Å². The van der Waals surface area contributed by atoms with Gasteiger partial charge in [-0.2, -0.15) is 0 Å². The van der Waals surface area contributed by atoms with Crippen molar-refractivity contribution in [1.29, 1.82) is 0 Å². The summed E-state index contributed by atoms with van der Waals surface area (Å²) < 4.78 is 0. The van der Waals surface area contributed by atoms with Crippen molar-refractivity contribution in [3.63, 3.8) is 0 Å². The van der Waals surface area contributed by atoms with Crippen molar-refractivity contribution in [3.8, 4) is 0 Å². The lowest BCUT2D eigenvalue weighted by Crippen LogP contribution is -2.56. The molecule has 0 unspecified atom stereocenters. The van der Waals surface area contributed by atoms with Gasteiger partial charge in [0.25, 0.3) is 0 Å². The molecule has 2 saturated heterocycles. The van der Waals surface area contributed by atoms with Crippen LogP contribution in [0.15, 0.2) is 0 Å². The van der Waals surface area contributed by atoms with Gasteiger partial charge in [-0.3, -0.25) is 9.59 Å². The lowest BCUT2D eigenvalue weighted by Gasteiger charge is -2.41.